The minimum Gasteiger partial charge on any atom is -0.360 e. The summed E-state index contributed by atoms with van der Waals surface area (Å²) in [5.74, 6) is 3.41. The maximum Gasteiger partial charge on any atom is 0.209 e. The SMILES string of the molecule is Cc1cc(Nc2cc(N3CCN(C=O)CC3)nc(-c3ccccc3)n2)no1. The molecule has 0 spiro atoms. The first-order valence-electron chi connectivity index (χ1n) is 8.80. The number of hydrogen-bond acceptors (Lipinski definition) is 7. The summed E-state index contributed by atoms with van der Waals surface area (Å²) >= 11 is 0. The second-order valence-electron chi connectivity index (χ2n) is 6.38. The highest BCUT2D eigenvalue weighted by Gasteiger charge is 2.19. The van der Waals surface area contributed by atoms with Gasteiger partial charge in [-0.2, -0.15) is 0 Å². The van der Waals surface area contributed by atoms with E-state index in [0.717, 1.165) is 36.6 Å². The van der Waals surface area contributed by atoms with Crippen molar-refractivity contribution in [3.63, 3.8) is 0 Å². The molecule has 1 aliphatic rings. The van der Waals surface area contributed by atoms with Crippen molar-refractivity contribution in [3.05, 3.63) is 48.2 Å². The van der Waals surface area contributed by atoms with E-state index >= 15 is 0 Å². The van der Waals surface area contributed by atoms with Crippen LogP contribution in [0, 0.1) is 6.92 Å². The lowest BCUT2D eigenvalue weighted by atomic mass is 10.2. The van der Waals surface area contributed by atoms with Gasteiger partial charge in [0.1, 0.15) is 17.4 Å². The van der Waals surface area contributed by atoms with E-state index in [2.05, 4.69) is 20.4 Å². The van der Waals surface area contributed by atoms with Crippen molar-refractivity contribution in [2.75, 3.05) is 36.4 Å². The minimum atomic E-state index is 0.599. The Labute approximate surface area is 156 Å². The van der Waals surface area contributed by atoms with Crippen LogP contribution in [0.1, 0.15) is 5.76 Å². The number of benzene rings is 1. The van der Waals surface area contributed by atoms with Crippen LogP contribution < -0.4 is 10.2 Å². The van der Waals surface area contributed by atoms with E-state index in [0.29, 0.717) is 30.5 Å². The van der Waals surface area contributed by atoms with Gasteiger partial charge in [0, 0.05) is 43.9 Å². The lowest BCUT2D eigenvalue weighted by Gasteiger charge is -2.33. The van der Waals surface area contributed by atoms with E-state index in [1.165, 1.54) is 0 Å². The van der Waals surface area contributed by atoms with Crippen LogP contribution in [0.25, 0.3) is 11.4 Å². The molecule has 27 heavy (non-hydrogen) atoms. The highest BCUT2D eigenvalue weighted by atomic mass is 16.5. The molecule has 1 fully saturated rings. The van der Waals surface area contributed by atoms with Crippen molar-refractivity contribution in [2.24, 2.45) is 0 Å². The number of carbonyl (C=O) groups is 1. The van der Waals surface area contributed by atoms with Gasteiger partial charge in [0.25, 0.3) is 0 Å². The third-order valence-corrected chi connectivity index (χ3v) is 4.42. The maximum absolute atomic E-state index is 11.0. The fraction of sp³-hybridized carbons (Fsp3) is 0.263. The molecule has 2 aromatic heterocycles. The van der Waals surface area contributed by atoms with Crippen molar-refractivity contribution < 1.29 is 9.32 Å². The molecule has 3 aromatic rings. The predicted octanol–water partition coefficient (Wildman–Crippen LogP) is 2.46. The predicted molar refractivity (Wildman–Crippen MR) is 102 cm³/mol. The molecule has 138 valence electrons. The first kappa shape index (κ1) is 17.0. The van der Waals surface area contributed by atoms with Crippen LogP contribution in [0.5, 0.6) is 0 Å². The molecule has 1 aliphatic heterocycles. The summed E-state index contributed by atoms with van der Waals surface area (Å²) < 4.78 is 5.12. The van der Waals surface area contributed by atoms with Gasteiger partial charge in [0.2, 0.25) is 6.41 Å². The second-order valence-corrected chi connectivity index (χ2v) is 6.38. The van der Waals surface area contributed by atoms with Crippen LogP contribution in [0.15, 0.2) is 47.0 Å². The highest BCUT2D eigenvalue weighted by Crippen LogP contribution is 2.25. The number of piperazine rings is 1. The van der Waals surface area contributed by atoms with Crippen LogP contribution >= 0.6 is 0 Å². The van der Waals surface area contributed by atoms with Crippen LogP contribution in [-0.4, -0.2) is 52.6 Å². The van der Waals surface area contributed by atoms with E-state index in [9.17, 15) is 4.79 Å². The molecule has 0 saturated carbocycles. The molecule has 1 amide bonds. The Morgan fingerprint density at radius 2 is 1.81 bits per heavy atom. The standard InChI is InChI=1S/C19H20N6O2/c1-14-11-17(23-27-14)20-16-12-18(25-9-7-24(13-26)8-10-25)22-19(21-16)15-5-3-2-4-6-15/h2-6,11-13H,7-10H2,1H3,(H,20,21,22,23). The third-order valence-electron chi connectivity index (χ3n) is 4.42. The molecule has 0 bridgehead atoms. The quantitative estimate of drug-likeness (QED) is 0.696. The summed E-state index contributed by atoms with van der Waals surface area (Å²) in [6.45, 7) is 4.66. The molecule has 4 rings (SSSR count). The zero-order valence-corrected chi connectivity index (χ0v) is 15.0. The number of anilines is 3. The Kier molecular flexibility index (Phi) is 4.69. The Hall–Kier alpha value is -3.42. The Bertz CT molecular complexity index is 919. The Balaban J connectivity index is 1.67. The molecule has 0 radical (unpaired) electrons. The maximum atomic E-state index is 11.0. The lowest BCUT2D eigenvalue weighted by molar-refractivity contribution is -0.118. The Morgan fingerprint density at radius 3 is 2.48 bits per heavy atom. The van der Waals surface area contributed by atoms with Crippen molar-refractivity contribution >= 4 is 23.9 Å². The fourth-order valence-corrected chi connectivity index (χ4v) is 2.99. The summed E-state index contributed by atoms with van der Waals surface area (Å²) in [7, 11) is 0. The molecular formula is C19H20N6O2. The number of amides is 1. The summed E-state index contributed by atoms with van der Waals surface area (Å²) in [4.78, 5) is 24.3. The topological polar surface area (TPSA) is 87.4 Å². The summed E-state index contributed by atoms with van der Waals surface area (Å²) in [6, 6.07) is 13.6. The molecule has 0 aliphatic carbocycles. The number of hydrogen-bond donors (Lipinski definition) is 1. The summed E-state index contributed by atoms with van der Waals surface area (Å²) in [6.07, 6.45) is 0.895. The highest BCUT2D eigenvalue weighted by molar-refractivity contribution is 5.64. The van der Waals surface area contributed by atoms with Crippen LogP contribution in [-0.2, 0) is 4.79 Å². The van der Waals surface area contributed by atoms with Crippen LogP contribution in [0.2, 0.25) is 0 Å². The van der Waals surface area contributed by atoms with Crippen molar-refractivity contribution in [1.82, 2.24) is 20.0 Å². The largest absolute Gasteiger partial charge is 0.360 e. The minimum absolute atomic E-state index is 0.599. The Morgan fingerprint density at radius 1 is 1.04 bits per heavy atom. The molecule has 1 saturated heterocycles. The van der Waals surface area contributed by atoms with E-state index in [-0.39, 0.29) is 0 Å². The van der Waals surface area contributed by atoms with Crippen LogP contribution in [0.3, 0.4) is 0 Å². The van der Waals surface area contributed by atoms with Crippen molar-refractivity contribution in [3.8, 4) is 11.4 Å². The van der Waals surface area contributed by atoms with Gasteiger partial charge in [-0.25, -0.2) is 9.97 Å². The molecular weight excluding hydrogens is 344 g/mol. The number of nitrogens with zero attached hydrogens (tertiary/aromatic N) is 5. The van der Waals surface area contributed by atoms with Gasteiger partial charge in [-0.1, -0.05) is 35.5 Å². The molecule has 1 N–H and O–H groups in total. The van der Waals surface area contributed by atoms with Gasteiger partial charge in [-0.05, 0) is 6.92 Å². The van der Waals surface area contributed by atoms with Crippen molar-refractivity contribution in [2.45, 2.75) is 6.92 Å². The summed E-state index contributed by atoms with van der Waals surface area (Å²) in [5, 5.41) is 7.16. The monoisotopic (exact) mass is 364 g/mol. The molecule has 8 nitrogen and oxygen atoms in total. The van der Waals surface area contributed by atoms with Gasteiger partial charge in [0.05, 0.1) is 0 Å². The zero-order chi connectivity index (χ0) is 18.6. The average Bonchev–Trinajstić information content (AvgIpc) is 3.13. The van der Waals surface area contributed by atoms with Gasteiger partial charge >= 0.3 is 0 Å². The first-order valence-corrected chi connectivity index (χ1v) is 8.80. The second kappa shape index (κ2) is 7.45. The molecule has 0 atom stereocenters. The smallest absolute Gasteiger partial charge is 0.209 e. The van der Waals surface area contributed by atoms with Gasteiger partial charge in [-0.3, -0.25) is 4.79 Å². The number of carbonyl (C=O) groups excluding carboxylic acids is 1. The van der Waals surface area contributed by atoms with E-state index in [4.69, 9.17) is 9.51 Å². The fourth-order valence-electron chi connectivity index (χ4n) is 2.99. The van der Waals surface area contributed by atoms with E-state index in [1.54, 1.807) is 4.90 Å². The van der Waals surface area contributed by atoms with Crippen LogP contribution in [0.4, 0.5) is 17.5 Å². The molecule has 8 heteroatoms. The molecule has 0 unspecified atom stereocenters. The summed E-state index contributed by atoms with van der Waals surface area (Å²) in [5.41, 5.74) is 0.935. The van der Waals surface area contributed by atoms with E-state index < -0.39 is 0 Å². The van der Waals surface area contributed by atoms with Crippen molar-refractivity contribution in [1.29, 1.82) is 0 Å². The first-order chi connectivity index (χ1) is 13.2. The zero-order valence-electron chi connectivity index (χ0n) is 15.0. The molecule has 3 heterocycles. The van der Waals surface area contributed by atoms with Gasteiger partial charge < -0.3 is 19.6 Å². The number of nitrogens with one attached hydrogen (secondary N) is 1. The van der Waals surface area contributed by atoms with Gasteiger partial charge in [-0.15, -0.1) is 0 Å². The average molecular weight is 364 g/mol. The third kappa shape index (κ3) is 3.89. The number of rotatable bonds is 5. The normalized spacial score (nSPS) is 14.3. The molecule has 1 aromatic carbocycles. The lowest BCUT2D eigenvalue weighted by Crippen LogP contribution is -2.46. The number of aryl methyl sites for hydroxylation is 1. The number of aromatic nitrogens is 3. The van der Waals surface area contributed by atoms with Gasteiger partial charge in [0.15, 0.2) is 11.6 Å². The van der Waals surface area contributed by atoms with E-state index in [1.807, 2.05) is 49.4 Å².